The molecule has 0 radical (unpaired) electrons. The molecule has 0 saturated carbocycles. The van der Waals surface area contributed by atoms with Gasteiger partial charge in [0.2, 0.25) is 17.8 Å². The average molecular weight is 397 g/mol. The standard InChI is InChI=1S/C19H27N9O/c1-5-12(2)28-16-15(24-19(28)26(3)4)14(13-10-21-17(20)22-11-13)23-18(25-16)27-6-8-29-9-7-27/h10-12H,5-9H2,1-4H3,(H2,20,21,22). The van der Waals surface area contributed by atoms with E-state index in [0.29, 0.717) is 24.9 Å². The molecule has 3 aromatic rings. The predicted octanol–water partition coefficient (Wildman–Crippen LogP) is 1.74. The van der Waals surface area contributed by atoms with Crippen molar-refractivity contribution in [1.82, 2.24) is 29.5 Å². The van der Waals surface area contributed by atoms with Gasteiger partial charge in [0.1, 0.15) is 11.2 Å². The lowest BCUT2D eigenvalue weighted by Gasteiger charge is -2.27. The maximum Gasteiger partial charge on any atom is 0.228 e. The number of nitrogens with zero attached hydrogens (tertiary/aromatic N) is 8. The Morgan fingerprint density at radius 3 is 2.45 bits per heavy atom. The van der Waals surface area contributed by atoms with Crippen LogP contribution >= 0.6 is 0 Å². The third kappa shape index (κ3) is 3.55. The lowest BCUT2D eigenvalue weighted by Crippen LogP contribution is -2.37. The van der Waals surface area contributed by atoms with Crippen LogP contribution in [0.1, 0.15) is 26.3 Å². The van der Waals surface area contributed by atoms with Crippen LogP contribution in [0.15, 0.2) is 12.4 Å². The van der Waals surface area contributed by atoms with Gasteiger partial charge in [0.05, 0.1) is 13.2 Å². The molecule has 1 fully saturated rings. The van der Waals surface area contributed by atoms with Crippen LogP contribution in [0.2, 0.25) is 0 Å². The highest BCUT2D eigenvalue weighted by molar-refractivity contribution is 5.90. The number of aromatic nitrogens is 6. The van der Waals surface area contributed by atoms with Gasteiger partial charge in [0.25, 0.3) is 0 Å². The van der Waals surface area contributed by atoms with Crippen LogP contribution in [0.3, 0.4) is 0 Å². The molecule has 29 heavy (non-hydrogen) atoms. The number of ether oxygens (including phenoxy) is 1. The molecule has 0 amide bonds. The lowest BCUT2D eigenvalue weighted by molar-refractivity contribution is 0.122. The number of hydrogen-bond donors (Lipinski definition) is 1. The molecule has 3 aromatic heterocycles. The average Bonchev–Trinajstić information content (AvgIpc) is 3.13. The number of nitrogens with two attached hydrogens (primary N) is 1. The fraction of sp³-hybridized carbons (Fsp3) is 0.526. The number of imidazole rings is 1. The first-order valence-corrected chi connectivity index (χ1v) is 9.87. The smallest absolute Gasteiger partial charge is 0.228 e. The first-order chi connectivity index (χ1) is 14.0. The summed E-state index contributed by atoms with van der Waals surface area (Å²) in [5, 5.41) is 0. The molecule has 4 rings (SSSR count). The van der Waals surface area contributed by atoms with Crippen molar-refractivity contribution < 1.29 is 4.74 Å². The molecule has 2 N–H and O–H groups in total. The predicted molar refractivity (Wildman–Crippen MR) is 113 cm³/mol. The Labute approximate surface area is 169 Å². The van der Waals surface area contributed by atoms with Crippen molar-refractivity contribution in [3.05, 3.63) is 12.4 Å². The summed E-state index contributed by atoms with van der Waals surface area (Å²) in [6, 6.07) is 0.236. The summed E-state index contributed by atoms with van der Waals surface area (Å²) < 4.78 is 7.68. The molecule has 10 nitrogen and oxygen atoms in total. The minimum atomic E-state index is 0.228. The second kappa shape index (κ2) is 7.78. The van der Waals surface area contributed by atoms with Gasteiger partial charge in [0, 0.05) is 51.2 Å². The van der Waals surface area contributed by atoms with Gasteiger partial charge in [-0.2, -0.15) is 4.98 Å². The zero-order valence-corrected chi connectivity index (χ0v) is 17.3. The van der Waals surface area contributed by atoms with E-state index in [9.17, 15) is 0 Å². The third-order valence-electron chi connectivity index (χ3n) is 5.18. The highest BCUT2D eigenvalue weighted by Gasteiger charge is 2.25. The summed E-state index contributed by atoms with van der Waals surface area (Å²) in [7, 11) is 3.98. The third-order valence-corrected chi connectivity index (χ3v) is 5.18. The number of hydrogen-bond acceptors (Lipinski definition) is 9. The summed E-state index contributed by atoms with van der Waals surface area (Å²) in [6.45, 7) is 7.17. The Bertz CT molecular complexity index is 993. The topological polar surface area (TPSA) is 111 Å². The molecule has 0 bridgehead atoms. The molecule has 154 valence electrons. The van der Waals surface area contributed by atoms with E-state index < -0.39 is 0 Å². The molecular weight excluding hydrogens is 370 g/mol. The van der Waals surface area contributed by atoms with E-state index in [0.717, 1.165) is 42.2 Å². The molecule has 1 saturated heterocycles. The Morgan fingerprint density at radius 1 is 1.14 bits per heavy atom. The molecule has 0 spiro atoms. The Balaban J connectivity index is 1.99. The van der Waals surface area contributed by atoms with E-state index >= 15 is 0 Å². The molecule has 1 unspecified atom stereocenters. The van der Waals surface area contributed by atoms with Crippen molar-refractivity contribution in [3.8, 4) is 11.3 Å². The summed E-state index contributed by atoms with van der Waals surface area (Å²) in [5.41, 5.74) is 8.71. The Kier molecular flexibility index (Phi) is 5.18. The van der Waals surface area contributed by atoms with Crippen LogP contribution in [0, 0.1) is 0 Å². The van der Waals surface area contributed by atoms with Gasteiger partial charge in [-0.25, -0.2) is 19.9 Å². The quantitative estimate of drug-likeness (QED) is 0.688. The van der Waals surface area contributed by atoms with Gasteiger partial charge in [-0.05, 0) is 13.3 Å². The molecular formula is C19H27N9O. The molecule has 1 atom stereocenters. The first-order valence-electron chi connectivity index (χ1n) is 9.87. The van der Waals surface area contributed by atoms with Crippen LogP contribution in [-0.2, 0) is 4.74 Å². The van der Waals surface area contributed by atoms with Gasteiger partial charge < -0.3 is 20.3 Å². The highest BCUT2D eigenvalue weighted by Crippen LogP contribution is 2.33. The first kappa shape index (κ1) is 19.3. The monoisotopic (exact) mass is 397 g/mol. The van der Waals surface area contributed by atoms with Crippen molar-refractivity contribution in [2.24, 2.45) is 0 Å². The van der Waals surface area contributed by atoms with Crippen molar-refractivity contribution in [1.29, 1.82) is 0 Å². The highest BCUT2D eigenvalue weighted by atomic mass is 16.5. The Morgan fingerprint density at radius 2 is 1.83 bits per heavy atom. The van der Waals surface area contributed by atoms with Gasteiger partial charge in [-0.1, -0.05) is 6.92 Å². The molecule has 0 aliphatic carbocycles. The van der Waals surface area contributed by atoms with E-state index in [-0.39, 0.29) is 12.0 Å². The maximum absolute atomic E-state index is 5.69. The second-order valence-electron chi connectivity index (χ2n) is 7.41. The van der Waals surface area contributed by atoms with Crippen molar-refractivity contribution >= 4 is 29.0 Å². The SMILES string of the molecule is CCC(C)n1c(N(C)C)nc2c(-c3cnc(N)nc3)nc(N3CCOCC3)nc21. The maximum atomic E-state index is 5.69. The molecule has 10 heteroatoms. The number of morpholine rings is 1. The zero-order valence-electron chi connectivity index (χ0n) is 17.3. The summed E-state index contributed by atoms with van der Waals surface area (Å²) in [5.74, 6) is 1.74. The molecule has 4 heterocycles. The van der Waals surface area contributed by atoms with Crippen LogP contribution < -0.4 is 15.5 Å². The molecule has 0 aromatic carbocycles. The summed E-state index contributed by atoms with van der Waals surface area (Å²) >= 11 is 0. The van der Waals surface area contributed by atoms with Crippen molar-refractivity contribution in [2.75, 3.05) is 55.9 Å². The van der Waals surface area contributed by atoms with E-state index in [1.807, 2.05) is 19.0 Å². The fourth-order valence-corrected chi connectivity index (χ4v) is 3.42. The van der Waals surface area contributed by atoms with Crippen LogP contribution in [0.25, 0.3) is 22.4 Å². The molecule has 1 aliphatic rings. The normalized spacial score (nSPS) is 15.7. The number of nitrogen functional groups attached to an aromatic ring is 1. The molecule has 1 aliphatic heterocycles. The fourth-order valence-electron chi connectivity index (χ4n) is 3.42. The van der Waals surface area contributed by atoms with Gasteiger partial charge in [0.15, 0.2) is 5.65 Å². The van der Waals surface area contributed by atoms with Crippen LogP contribution in [0.5, 0.6) is 0 Å². The van der Waals surface area contributed by atoms with E-state index in [2.05, 4.69) is 33.3 Å². The minimum Gasteiger partial charge on any atom is -0.378 e. The van der Waals surface area contributed by atoms with Crippen LogP contribution in [0.4, 0.5) is 17.8 Å². The summed E-state index contributed by atoms with van der Waals surface area (Å²) in [6.07, 6.45) is 4.33. The van der Waals surface area contributed by atoms with Crippen molar-refractivity contribution in [3.63, 3.8) is 0 Å². The lowest BCUT2D eigenvalue weighted by atomic mass is 10.2. The zero-order chi connectivity index (χ0) is 20.5. The number of fused-ring (bicyclic) bond motifs is 1. The van der Waals surface area contributed by atoms with Gasteiger partial charge in [-0.3, -0.25) is 4.57 Å². The number of rotatable bonds is 5. The minimum absolute atomic E-state index is 0.228. The van der Waals surface area contributed by atoms with E-state index in [4.69, 9.17) is 25.4 Å². The van der Waals surface area contributed by atoms with Gasteiger partial charge >= 0.3 is 0 Å². The van der Waals surface area contributed by atoms with Crippen molar-refractivity contribution in [2.45, 2.75) is 26.3 Å². The second-order valence-corrected chi connectivity index (χ2v) is 7.41. The Hall–Kier alpha value is -3.01. The number of anilines is 3. The van der Waals surface area contributed by atoms with E-state index in [1.165, 1.54) is 0 Å². The van der Waals surface area contributed by atoms with Gasteiger partial charge in [-0.15, -0.1) is 0 Å². The van der Waals surface area contributed by atoms with E-state index in [1.54, 1.807) is 12.4 Å². The largest absolute Gasteiger partial charge is 0.378 e. The van der Waals surface area contributed by atoms with Crippen LogP contribution in [-0.4, -0.2) is 69.9 Å². The summed E-state index contributed by atoms with van der Waals surface area (Å²) in [4.78, 5) is 27.2.